The highest BCUT2D eigenvalue weighted by molar-refractivity contribution is 6.45. The second kappa shape index (κ2) is 3.20. The normalized spacial score (nSPS) is 10.7. The average molecular weight is 180 g/mol. The van der Waals surface area contributed by atoms with Crippen LogP contribution in [0.15, 0.2) is 24.3 Å². The van der Waals surface area contributed by atoms with E-state index >= 15 is 0 Å². The Morgan fingerprint density at radius 2 is 1.07 bits per heavy atom. The van der Waals surface area contributed by atoms with Gasteiger partial charge in [-0.3, -0.25) is 0 Å². The van der Waals surface area contributed by atoms with E-state index < -0.39 is 0 Å². The largest absolute Gasteiger partial charge is 0.140 e. The summed E-state index contributed by atoms with van der Waals surface area (Å²) in [6.45, 7) is 4.34. The first-order valence-electron chi connectivity index (χ1n) is 5.07. The summed E-state index contributed by atoms with van der Waals surface area (Å²) in [5, 5.41) is 2.79. The lowest BCUT2D eigenvalue weighted by molar-refractivity contribution is 1.52. The van der Waals surface area contributed by atoms with E-state index in [1.807, 2.05) is 0 Å². The van der Waals surface area contributed by atoms with Gasteiger partial charge in [0.1, 0.15) is 15.7 Å². The first kappa shape index (κ1) is 9.39. The Morgan fingerprint density at radius 1 is 0.714 bits per heavy atom. The molecule has 2 aromatic rings. The van der Waals surface area contributed by atoms with Crippen LogP contribution in [0.3, 0.4) is 0 Å². The van der Waals surface area contributed by atoms with Crippen molar-refractivity contribution in [3.05, 3.63) is 35.4 Å². The maximum atomic E-state index is 2.24. The molecule has 2 rings (SSSR count). The molecule has 2 heteroatoms. The Balaban J connectivity index is 2.94. The zero-order chi connectivity index (χ0) is 10.3. The van der Waals surface area contributed by atoms with Gasteiger partial charge < -0.3 is 0 Å². The van der Waals surface area contributed by atoms with Crippen molar-refractivity contribution in [3.8, 4) is 0 Å². The van der Waals surface area contributed by atoms with E-state index in [2.05, 4.69) is 53.8 Å². The summed E-state index contributed by atoms with van der Waals surface area (Å²) < 4.78 is 0. The average Bonchev–Trinajstić information content (AvgIpc) is 2.17. The van der Waals surface area contributed by atoms with Crippen molar-refractivity contribution in [2.24, 2.45) is 0 Å². The maximum absolute atomic E-state index is 2.24. The third-order valence-electron chi connectivity index (χ3n) is 3.28. The molecule has 14 heavy (non-hydrogen) atoms. The van der Waals surface area contributed by atoms with Gasteiger partial charge in [-0.15, -0.1) is 0 Å². The second-order valence-electron chi connectivity index (χ2n) is 4.11. The van der Waals surface area contributed by atoms with Crippen LogP contribution in [0.4, 0.5) is 0 Å². The zero-order valence-corrected chi connectivity index (χ0v) is 9.31. The van der Waals surface area contributed by atoms with Crippen LogP contribution in [0.5, 0.6) is 0 Å². The molecule has 0 heterocycles. The van der Waals surface area contributed by atoms with Crippen LogP contribution in [0.1, 0.15) is 11.1 Å². The van der Waals surface area contributed by atoms with Crippen LogP contribution in [-0.2, 0) is 0 Å². The van der Waals surface area contributed by atoms with Crippen molar-refractivity contribution in [2.45, 2.75) is 13.8 Å². The van der Waals surface area contributed by atoms with Crippen LogP contribution in [0, 0.1) is 13.8 Å². The Hall–Kier alpha value is -1.17. The SMILES string of the molecule is Bc1c(C)ccc2c(B)c(C)ccc12. The molecule has 0 spiro atoms. The maximum Gasteiger partial charge on any atom is 0.140 e. The number of benzene rings is 2. The van der Waals surface area contributed by atoms with E-state index in [0.29, 0.717) is 0 Å². The van der Waals surface area contributed by atoms with Crippen molar-refractivity contribution < 1.29 is 0 Å². The van der Waals surface area contributed by atoms with E-state index in [9.17, 15) is 0 Å². The van der Waals surface area contributed by atoms with E-state index in [1.165, 1.54) is 32.8 Å². The van der Waals surface area contributed by atoms with Crippen molar-refractivity contribution in [1.82, 2.24) is 0 Å². The quantitative estimate of drug-likeness (QED) is 0.499. The fraction of sp³-hybridized carbons (Fsp3) is 0.167. The molecule has 0 aliphatic heterocycles. The molecular weight excluding hydrogens is 166 g/mol. The third-order valence-corrected chi connectivity index (χ3v) is 3.28. The predicted molar refractivity (Wildman–Crippen MR) is 69.8 cm³/mol. The van der Waals surface area contributed by atoms with Gasteiger partial charge in [0.25, 0.3) is 0 Å². The van der Waals surface area contributed by atoms with E-state index in [4.69, 9.17) is 0 Å². The Kier molecular flexibility index (Phi) is 2.14. The lowest BCUT2D eigenvalue weighted by Crippen LogP contribution is -2.15. The number of fused-ring (bicyclic) bond motifs is 1. The summed E-state index contributed by atoms with van der Waals surface area (Å²) in [6.07, 6.45) is 0. The molecule has 0 aliphatic rings. The summed E-state index contributed by atoms with van der Waals surface area (Å²) in [5.41, 5.74) is 5.57. The molecule has 0 radical (unpaired) electrons. The minimum absolute atomic E-state index is 1.38. The molecule has 0 fully saturated rings. The minimum Gasteiger partial charge on any atom is -0.0784 e. The molecule has 68 valence electrons. The van der Waals surface area contributed by atoms with Crippen molar-refractivity contribution in [1.29, 1.82) is 0 Å². The lowest BCUT2D eigenvalue weighted by Gasteiger charge is -2.10. The van der Waals surface area contributed by atoms with Gasteiger partial charge in [-0.2, -0.15) is 0 Å². The van der Waals surface area contributed by atoms with Crippen molar-refractivity contribution in [2.75, 3.05) is 0 Å². The molecule has 0 N–H and O–H groups in total. The van der Waals surface area contributed by atoms with Gasteiger partial charge in [-0.25, -0.2) is 0 Å². The van der Waals surface area contributed by atoms with Crippen LogP contribution in [0.25, 0.3) is 10.8 Å². The fourth-order valence-electron chi connectivity index (χ4n) is 1.93. The Morgan fingerprint density at radius 3 is 1.43 bits per heavy atom. The summed E-state index contributed by atoms with van der Waals surface area (Å²) in [6, 6.07) is 8.90. The molecule has 0 nitrogen and oxygen atoms in total. The topological polar surface area (TPSA) is 0 Å². The van der Waals surface area contributed by atoms with Gasteiger partial charge in [0, 0.05) is 0 Å². The highest BCUT2D eigenvalue weighted by Crippen LogP contribution is 2.12. The third kappa shape index (κ3) is 1.26. The van der Waals surface area contributed by atoms with Gasteiger partial charge >= 0.3 is 0 Å². The highest BCUT2D eigenvalue weighted by atomic mass is 14.0. The van der Waals surface area contributed by atoms with Gasteiger partial charge in [0.15, 0.2) is 0 Å². The van der Waals surface area contributed by atoms with E-state index in [1.54, 1.807) is 0 Å². The molecule has 0 saturated carbocycles. The molecule has 0 saturated heterocycles. The Bertz CT molecular complexity index is 454. The van der Waals surface area contributed by atoms with Crippen LogP contribution in [0.2, 0.25) is 0 Å². The molecule has 0 amide bonds. The molecule has 0 bridgehead atoms. The Labute approximate surface area is 87.1 Å². The molecule has 2 aromatic carbocycles. The van der Waals surface area contributed by atoms with E-state index in [-0.39, 0.29) is 0 Å². The molecule has 0 unspecified atom stereocenters. The summed E-state index contributed by atoms with van der Waals surface area (Å²) in [7, 11) is 4.40. The predicted octanol–water partition coefficient (Wildman–Crippen LogP) is -0.0266. The van der Waals surface area contributed by atoms with Crippen LogP contribution >= 0.6 is 0 Å². The molecule has 0 aliphatic carbocycles. The molecule has 0 aromatic heterocycles. The number of hydrogen-bond acceptors (Lipinski definition) is 0. The highest BCUT2D eigenvalue weighted by Gasteiger charge is 2.03. The first-order chi connectivity index (χ1) is 6.61. The zero-order valence-electron chi connectivity index (χ0n) is 9.31. The molecule has 0 atom stereocenters. The van der Waals surface area contributed by atoms with Gasteiger partial charge in [0.2, 0.25) is 0 Å². The number of rotatable bonds is 0. The monoisotopic (exact) mass is 180 g/mol. The standard InChI is InChI=1S/C12H14B2/c1-7-3-5-10-9(11(7)13)6-4-8(2)12(10)14/h3-6H,13-14H2,1-2H3. The first-order valence-corrected chi connectivity index (χ1v) is 5.07. The van der Waals surface area contributed by atoms with Crippen LogP contribution < -0.4 is 10.9 Å². The number of hydrogen-bond donors (Lipinski definition) is 0. The van der Waals surface area contributed by atoms with Crippen molar-refractivity contribution in [3.63, 3.8) is 0 Å². The fourth-order valence-corrected chi connectivity index (χ4v) is 1.93. The minimum atomic E-state index is 1.38. The molecular formula is C12H14B2. The van der Waals surface area contributed by atoms with Crippen molar-refractivity contribution >= 4 is 37.4 Å². The summed E-state index contributed by atoms with van der Waals surface area (Å²) >= 11 is 0. The second-order valence-corrected chi connectivity index (χ2v) is 4.11. The lowest BCUT2D eigenvalue weighted by atomic mass is 9.80. The van der Waals surface area contributed by atoms with Gasteiger partial charge in [-0.1, -0.05) is 46.3 Å². The number of aryl methyl sites for hydroxylation is 2. The smallest absolute Gasteiger partial charge is 0.0784 e. The van der Waals surface area contributed by atoms with E-state index in [0.717, 1.165) is 0 Å². The van der Waals surface area contributed by atoms with Gasteiger partial charge in [-0.05, 0) is 24.6 Å². The summed E-state index contributed by atoms with van der Waals surface area (Å²) in [5.74, 6) is 0. The van der Waals surface area contributed by atoms with Crippen LogP contribution in [-0.4, -0.2) is 15.7 Å². The summed E-state index contributed by atoms with van der Waals surface area (Å²) in [4.78, 5) is 0. The van der Waals surface area contributed by atoms with Gasteiger partial charge in [0.05, 0.1) is 0 Å².